The lowest BCUT2D eigenvalue weighted by Gasteiger charge is -2.38. The standard InChI is InChI=1S/C12H19F2NO3/c13-10(14)7-18-9-2-1-5-12(6-9,11(16)17)15-8-3-4-8/h8-10,15H,1-7H2,(H,16,17). The maximum absolute atomic E-state index is 12.1. The molecule has 18 heavy (non-hydrogen) atoms. The summed E-state index contributed by atoms with van der Waals surface area (Å²) in [6, 6.07) is 0.273. The number of alkyl halides is 2. The zero-order valence-corrected chi connectivity index (χ0v) is 10.2. The number of hydrogen-bond acceptors (Lipinski definition) is 3. The van der Waals surface area contributed by atoms with Gasteiger partial charge in [-0.3, -0.25) is 10.1 Å². The minimum Gasteiger partial charge on any atom is -0.480 e. The molecular weight excluding hydrogens is 244 g/mol. The van der Waals surface area contributed by atoms with E-state index in [-0.39, 0.29) is 18.6 Å². The normalized spacial score (nSPS) is 32.7. The fraction of sp³-hybridized carbons (Fsp3) is 0.917. The highest BCUT2D eigenvalue weighted by molar-refractivity contribution is 5.79. The van der Waals surface area contributed by atoms with Crippen LogP contribution in [0.3, 0.4) is 0 Å². The quantitative estimate of drug-likeness (QED) is 0.767. The summed E-state index contributed by atoms with van der Waals surface area (Å²) < 4.78 is 29.3. The van der Waals surface area contributed by atoms with Crippen molar-refractivity contribution in [1.29, 1.82) is 0 Å². The molecular formula is C12H19F2NO3. The minimum atomic E-state index is -2.50. The molecule has 2 rings (SSSR count). The molecule has 0 heterocycles. The van der Waals surface area contributed by atoms with Gasteiger partial charge in [-0.15, -0.1) is 0 Å². The maximum Gasteiger partial charge on any atom is 0.324 e. The van der Waals surface area contributed by atoms with Crippen molar-refractivity contribution in [3.8, 4) is 0 Å². The van der Waals surface area contributed by atoms with Crippen molar-refractivity contribution in [2.75, 3.05) is 6.61 Å². The molecule has 0 aliphatic heterocycles. The fourth-order valence-electron chi connectivity index (χ4n) is 2.58. The average Bonchev–Trinajstić information content (AvgIpc) is 3.10. The SMILES string of the molecule is O=C(O)C1(NC2CC2)CCCC(OCC(F)F)C1. The van der Waals surface area contributed by atoms with Gasteiger partial charge in [-0.25, -0.2) is 8.78 Å². The predicted octanol–water partition coefficient (Wildman–Crippen LogP) is 1.79. The Morgan fingerprint density at radius 3 is 2.72 bits per heavy atom. The third-order valence-electron chi connectivity index (χ3n) is 3.63. The predicted molar refractivity (Wildman–Crippen MR) is 60.7 cm³/mol. The first-order chi connectivity index (χ1) is 8.52. The van der Waals surface area contributed by atoms with Crippen LogP contribution in [0.5, 0.6) is 0 Å². The van der Waals surface area contributed by atoms with Gasteiger partial charge in [0.15, 0.2) is 0 Å². The van der Waals surface area contributed by atoms with Gasteiger partial charge in [0.2, 0.25) is 0 Å². The molecule has 0 amide bonds. The molecule has 2 aliphatic carbocycles. The van der Waals surface area contributed by atoms with Crippen molar-refractivity contribution >= 4 is 5.97 Å². The molecule has 0 aromatic heterocycles. The van der Waals surface area contributed by atoms with Crippen LogP contribution in [-0.4, -0.2) is 41.8 Å². The van der Waals surface area contributed by atoms with Gasteiger partial charge < -0.3 is 9.84 Å². The zero-order valence-electron chi connectivity index (χ0n) is 10.2. The zero-order chi connectivity index (χ0) is 13.2. The monoisotopic (exact) mass is 263 g/mol. The van der Waals surface area contributed by atoms with E-state index in [0.29, 0.717) is 19.3 Å². The Labute approximate surface area is 105 Å². The second-order valence-electron chi connectivity index (χ2n) is 5.25. The number of carboxylic acids is 1. The third kappa shape index (κ3) is 3.38. The number of carboxylic acid groups (broad SMARTS) is 1. The molecule has 0 aromatic rings. The lowest BCUT2D eigenvalue weighted by atomic mass is 9.80. The molecule has 2 fully saturated rings. The summed E-state index contributed by atoms with van der Waals surface area (Å²) >= 11 is 0. The van der Waals surface area contributed by atoms with Crippen LogP contribution in [0.2, 0.25) is 0 Å². The van der Waals surface area contributed by atoms with Gasteiger partial charge >= 0.3 is 5.97 Å². The lowest BCUT2D eigenvalue weighted by molar-refractivity contribution is -0.150. The fourth-order valence-corrected chi connectivity index (χ4v) is 2.58. The molecule has 2 N–H and O–H groups in total. The molecule has 2 atom stereocenters. The van der Waals surface area contributed by atoms with E-state index in [1.807, 2.05) is 0 Å². The van der Waals surface area contributed by atoms with E-state index in [4.69, 9.17) is 4.74 Å². The Kier molecular flexibility index (Phi) is 4.17. The molecule has 4 nitrogen and oxygen atoms in total. The summed E-state index contributed by atoms with van der Waals surface area (Å²) in [5.41, 5.74) is -0.980. The van der Waals surface area contributed by atoms with Gasteiger partial charge in [0.1, 0.15) is 12.1 Å². The second kappa shape index (κ2) is 5.48. The Morgan fingerprint density at radius 2 is 2.17 bits per heavy atom. The molecule has 2 unspecified atom stereocenters. The smallest absolute Gasteiger partial charge is 0.324 e. The Morgan fingerprint density at radius 1 is 1.44 bits per heavy atom. The molecule has 0 spiro atoms. The summed E-state index contributed by atoms with van der Waals surface area (Å²) in [6.07, 6.45) is 1.31. The van der Waals surface area contributed by atoms with Crippen LogP contribution in [-0.2, 0) is 9.53 Å². The summed E-state index contributed by atoms with van der Waals surface area (Å²) in [7, 11) is 0. The van der Waals surface area contributed by atoms with Gasteiger partial charge in [-0.2, -0.15) is 0 Å². The number of ether oxygens (including phenoxy) is 1. The summed E-state index contributed by atoms with van der Waals surface area (Å²) in [5.74, 6) is -0.889. The van der Waals surface area contributed by atoms with Gasteiger partial charge in [-0.1, -0.05) is 0 Å². The first-order valence-electron chi connectivity index (χ1n) is 6.43. The number of hydrogen-bond donors (Lipinski definition) is 2. The molecule has 0 radical (unpaired) electrons. The second-order valence-corrected chi connectivity index (χ2v) is 5.25. The number of aliphatic carboxylic acids is 1. The summed E-state index contributed by atoms with van der Waals surface area (Å²) in [4.78, 5) is 11.5. The molecule has 104 valence electrons. The van der Waals surface area contributed by atoms with Crippen molar-refractivity contribution in [2.24, 2.45) is 0 Å². The van der Waals surface area contributed by atoms with E-state index in [0.717, 1.165) is 12.8 Å². The number of carbonyl (C=O) groups is 1. The van der Waals surface area contributed by atoms with Crippen molar-refractivity contribution in [3.05, 3.63) is 0 Å². The van der Waals surface area contributed by atoms with Crippen LogP contribution in [0.25, 0.3) is 0 Å². The van der Waals surface area contributed by atoms with E-state index in [1.54, 1.807) is 0 Å². The van der Waals surface area contributed by atoms with E-state index in [1.165, 1.54) is 0 Å². The van der Waals surface area contributed by atoms with Crippen molar-refractivity contribution in [2.45, 2.75) is 62.6 Å². The van der Waals surface area contributed by atoms with Crippen molar-refractivity contribution in [3.63, 3.8) is 0 Å². The number of rotatable bonds is 6. The Balaban J connectivity index is 1.94. The highest BCUT2D eigenvalue weighted by Crippen LogP contribution is 2.34. The van der Waals surface area contributed by atoms with Crippen LogP contribution in [0.4, 0.5) is 8.78 Å². The molecule has 0 saturated heterocycles. The number of nitrogens with one attached hydrogen (secondary N) is 1. The molecule has 6 heteroatoms. The minimum absolute atomic E-state index is 0.273. The number of halogens is 2. The van der Waals surface area contributed by atoms with Crippen LogP contribution in [0.1, 0.15) is 38.5 Å². The van der Waals surface area contributed by atoms with Gasteiger partial charge in [-0.05, 0) is 32.1 Å². The Hall–Kier alpha value is -0.750. The van der Waals surface area contributed by atoms with E-state index in [2.05, 4.69) is 5.32 Å². The Bertz CT molecular complexity index is 310. The lowest BCUT2D eigenvalue weighted by Crippen LogP contribution is -2.57. The topological polar surface area (TPSA) is 58.6 Å². The van der Waals surface area contributed by atoms with E-state index in [9.17, 15) is 18.7 Å². The van der Waals surface area contributed by atoms with Gasteiger partial charge in [0, 0.05) is 12.5 Å². The molecule has 2 aliphatic rings. The van der Waals surface area contributed by atoms with Crippen molar-refractivity contribution in [1.82, 2.24) is 5.32 Å². The summed E-state index contributed by atoms with van der Waals surface area (Å²) in [6.45, 7) is -0.607. The first-order valence-corrected chi connectivity index (χ1v) is 6.43. The van der Waals surface area contributed by atoms with Crippen LogP contribution >= 0.6 is 0 Å². The maximum atomic E-state index is 12.1. The van der Waals surface area contributed by atoms with Gasteiger partial charge in [0.25, 0.3) is 6.43 Å². The van der Waals surface area contributed by atoms with Crippen LogP contribution < -0.4 is 5.32 Å². The highest BCUT2D eigenvalue weighted by Gasteiger charge is 2.46. The van der Waals surface area contributed by atoms with Crippen LogP contribution in [0.15, 0.2) is 0 Å². The molecule has 0 aromatic carbocycles. The van der Waals surface area contributed by atoms with Crippen molar-refractivity contribution < 1.29 is 23.4 Å². The first kappa shape index (κ1) is 13.7. The molecule has 2 saturated carbocycles. The third-order valence-corrected chi connectivity index (χ3v) is 3.63. The molecule has 0 bridgehead atoms. The summed E-state index contributed by atoms with van der Waals surface area (Å²) in [5, 5.41) is 12.6. The van der Waals surface area contributed by atoms with Crippen LogP contribution in [0, 0.1) is 0 Å². The largest absolute Gasteiger partial charge is 0.480 e. The average molecular weight is 263 g/mol. The van der Waals surface area contributed by atoms with E-state index < -0.39 is 24.5 Å². The van der Waals surface area contributed by atoms with Gasteiger partial charge in [0.05, 0.1) is 6.10 Å². The highest BCUT2D eigenvalue weighted by atomic mass is 19.3. The van der Waals surface area contributed by atoms with E-state index >= 15 is 0 Å².